The van der Waals surface area contributed by atoms with E-state index in [2.05, 4.69) is 10.0 Å². The second kappa shape index (κ2) is 10.7. The normalized spacial score (nSPS) is 17.6. The highest BCUT2D eigenvalue weighted by molar-refractivity contribution is 7.89. The maximum absolute atomic E-state index is 13.0. The van der Waals surface area contributed by atoms with Crippen LogP contribution in [0.25, 0.3) is 0 Å². The molecule has 0 radical (unpaired) electrons. The van der Waals surface area contributed by atoms with E-state index >= 15 is 0 Å². The number of sulfonamides is 2. The van der Waals surface area contributed by atoms with Crippen molar-refractivity contribution in [3.63, 3.8) is 0 Å². The molecule has 0 saturated carbocycles. The summed E-state index contributed by atoms with van der Waals surface area (Å²) in [5.41, 5.74) is 0.947. The maximum Gasteiger partial charge on any atom is 0.244 e. The number of carbonyl (C=O) groups excluding carboxylic acids is 1. The van der Waals surface area contributed by atoms with Crippen molar-refractivity contribution in [1.29, 1.82) is 0 Å². The van der Waals surface area contributed by atoms with E-state index in [1.165, 1.54) is 34.6 Å². The van der Waals surface area contributed by atoms with Crippen LogP contribution in [-0.2, 0) is 24.8 Å². The minimum absolute atomic E-state index is 0.00605. The van der Waals surface area contributed by atoms with Crippen LogP contribution in [0.2, 0.25) is 10.0 Å². The molecular formula is C21H25Cl2N3O5S2. The van der Waals surface area contributed by atoms with Gasteiger partial charge in [0.2, 0.25) is 26.0 Å². The largest absolute Gasteiger partial charge is 0.355 e. The number of hydrogen-bond acceptors (Lipinski definition) is 5. The zero-order valence-electron chi connectivity index (χ0n) is 17.9. The molecule has 1 saturated heterocycles. The van der Waals surface area contributed by atoms with Crippen LogP contribution in [0.1, 0.15) is 18.4 Å². The summed E-state index contributed by atoms with van der Waals surface area (Å²) in [6, 6.07) is 10.7. The molecule has 0 aliphatic carbocycles. The molecule has 0 spiro atoms. The van der Waals surface area contributed by atoms with Crippen LogP contribution in [-0.4, -0.2) is 53.2 Å². The highest BCUT2D eigenvalue weighted by Gasteiger charge is 2.34. The Bertz CT molecular complexity index is 1220. The van der Waals surface area contributed by atoms with E-state index in [0.29, 0.717) is 12.8 Å². The summed E-state index contributed by atoms with van der Waals surface area (Å²) in [4.78, 5) is 12.7. The first-order valence-corrected chi connectivity index (χ1v) is 14.0. The Morgan fingerprint density at radius 1 is 1.06 bits per heavy atom. The second-order valence-electron chi connectivity index (χ2n) is 7.78. The minimum Gasteiger partial charge on any atom is -0.355 e. The number of carbonyl (C=O) groups is 1. The molecule has 8 nitrogen and oxygen atoms in total. The van der Waals surface area contributed by atoms with Crippen molar-refractivity contribution in [3.8, 4) is 0 Å². The number of amides is 1. The molecule has 1 aliphatic rings. The van der Waals surface area contributed by atoms with Gasteiger partial charge >= 0.3 is 0 Å². The predicted molar refractivity (Wildman–Crippen MR) is 127 cm³/mol. The molecule has 1 amide bonds. The van der Waals surface area contributed by atoms with Crippen molar-refractivity contribution in [1.82, 2.24) is 14.3 Å². The van der Waals surface area contributed by atoms with Gasteiger partial charge in [0.05, 0.1) is 15.8 Å². The Morgan fingerprint density at radius 3 is 2.45 bits per heavy atom. The van der Waals surface area contributed by atoms with Crippen LogP contribution in [0.15, 0.2) is 52.3 Å². The average Bonchev–Trinajstić information content (AvgIpc) is 2.78. The van der Waals surface area contributed by atoms with Gasteiger partial charge in [-0.25, -0.2) is 21.6 Å². The lowest BCUT2D eigenvalue weighted by atomic mass is 9.99. The van der Waals surface area contributed by atoms with E-state index in [9.17, 15) is 21.6 Å². The predicted octanol–water partition coefficient (Wildman–Crippen LogP) is 2.80. The van der Waals surface area contributed by atoms with Crippen LogP contribution in [0.4, 0.5) is 0 Å². The highest BCUT2D eigenvalue weighted by atomic mass is 35.5. The Morgan fingerprint density at radius 2 is 1.76 bits per heavy atom. The summed E-state index contributed by atoms with van der Waals surface area (Å²) in [7, 11) is -7.59. The molecule has 2 N–H and O–H groups in total. The van der Waals surface area contributed by atoms with E-state index in [-0.39, 0.29) is 51.9 Å². The van der Waals surface area contributed by atoms with Crippen molar-refractivity contribution in [3.05, 3.63) is 58.1 Å². The molecule has 180 valence electrons. The third-order valence-electron chi connectivity index (χ3n) is 5.31. The van der Waals surface area contributed by atoms with Crippen LogP contribution in [0, 0.1) is 12.8 Å². The van der Waals surface area contributed by atoms with E-state index in [4.69, 9.17) is 23.2 Å². The first kappa shape index (κ1) is 25.9. The van der Waals surface area contributed by atoms with Gasteiger partial charge in [0, 0.05) is 31.2 Å². The summed E-state index contributed by atoms with van der Waals surface area (Å²) >= 11 is 12.0. The number of aryl methyl sites for hydroxylation is 1. The number of rotatable bonds is 8. The Labute approximate surface area is 204 Å². The molecule has 1 unspecified atom stereocenters. The van der Waals surface area contributed by atoms with Gasteiger partial charge in [0.15, 0.2) is 0 Å². The van der Waals surface area contributed by atoms with E-state index in [1.807, 2.05) is 6.92 Å². The number of piperidine rings is 1. The quantitative estimate of drug-likeness (QED) is 0.506. The molecule has 2 aromatic carbocycles. The van der Waals surface area contributed by atoms with Crippen LogP contribution >= 0.6 is 23.2 Å². The molecular weight excluding hydrogens is 509 g/mol. The smallest absolute Gasteiger partial charge is 0.244 e. The van der Waals surface area contributed by atoms with Gasteiger partial charge in [0.1, 0.15) is 4.90 Å². The number of hydrogen-bond donors (Lipinski definition) is 2. The minimum atomic E-state index is -3.91. The summed E-state index contributed by atoms with van der Waals surface area (Å²) in [6.07, 6.45) is 1.03. The van der Waals surface area contributed by atoms with Crippen molar-refractivity contribution in [2.24, 2.45) is 5.92 Å². The van der Waals surface area contributed by atoms with Crippen molar-refractivity contribution < 1.29 is 21.6 Å². The summed E-state index contributed by atoms with van der Waals surface area (Å²) in [5.74, 6) is -0.887. The monoisotopic (exact) mass is 533 g/mol. The van der Waals surface area contributed by atoms with Gasteiger partial charge < -0.3 is 5.32 Å². The van der Waals surface area contributed by atoms with Gasteiger partial charge in [-0.05, 0) is 50.1 Å². The van der Waals surface area contributed by atoms with Crippen molar-refractivity contribution >= 4 is 49.2 Å². The van der Waals surface area contributed by atoms with Gasteiger partial charge in [-0.1, -0.05) is 40.9 Å². The molecule has 1 fully saturated rings. The number of nitrogens with one attached hydrogen (secondary N) is 2. The first-order chi connectivity index (χ1) is 15.5. The van der Waals surface area contributed by atoms with Crippen molar-refractivity contribution in [2.75, 3.05) is 26.2 Å². The fraction of sp³-hybridized carbons (Fsp3) is 0.381. The molecule has 1 aliphatic heterocycles. The van der Waals surface area contributed by atoms with Gasteiger partial charge in [-0.3, -0.25) is 4.79 Å². The van der Waals surface area contributed by atoms with Crippen molar-refractivity contribution in [2.45, 2.75) is 29.6 Å². The third kappa shape index (κ3) is 6.46. The highest BCUT2D eigenvalue weighted by Crippen LogP contribution is 2.30. The zero-order valence-corrected chi connectivity index (χ0v) is 21.1. The SMILES string of the molecule is Cc1ccc(S(=O)(=O)NCCNC(=O)C2CCCN(S(=O)(=O)c3cc(Cl)ccc3Cl)C2)cc1. The Hall–Kier alpha value is -1.69. The molecule has 0 aromatic heterocycles. The van der Waals surface area contributed by atoms with Gasteiger partial charge in [-0.2, -0.15) is 4.31 Å². The summed E-state index contributed by atoms with van der Waals surface area (Å²) < 4.78 is 54.4. The van der Waals surface area contributed by atoms with Crippen LogP contribution in [0.5, 0.6) is 0 Å². The molecule has 2 aromatic rings. The fourth-order valence-electron chi connectivity index (χ4n) is 3.50. The average molecular weight is 534 g/mol. The van der Waals surface area contributed by atoms with Crippen LogP contribution < -0.4 is 10.0 Å². The van der Waals surface area contributed by atoms with E-state index in [1.54, 1.807) is 12.1 Å². The van der Waals surface area contributed by atoms with E-state index in [0.717, 1.165) is 5.56 Å². The molecule has 12 heteroatoms. The molecule has 3 rings (SSSR count). The lowest BCUT2D eigenvalue weighted by Gasteiger charge is -2.31. The molecule has 1 atom stereocenters. The number of nitrogens with zero attached hydrogens (tertiary/aromatic N) is 1. The van der Waals surface area contributed by atoms with Gasteiger partial charge in [0.25, 0.3) is 0 Å². The third-order valence-corrected chi connectivity index (χ3v) is 9.37. The fourth-order valence-corrected chi connectivity index (χ4v) is 6.80. The number of benzene rings is 2. The van der Waals surface area contributed by atoms with Gasteiger partial charge in [-0.15, -0.1) is 0 Å². The Kier molecular flexibility index (Phi) is 8.41. The first-order valence-electron chi connectivity index (χ1n) is 10.3. The number of halogens is 2. The summed E-state index contributed by atoms with van der Waals surface area (Å²) in [6.45, 7) is 2.22. The zero-order chi connectivity index (χ0) is 24.2. The Balaban J connectivity index is 1.55. The standard InChI is InChI=1S/C21H25Cl2N3O5S2/c1-15-4-7-18(8-5-15)32(28,29)25-11-10-24-21(27)16-3-2-12-26(14-16)33(30,31)20-13-17(22)6-9-19(20)23/h4-9,13,16,25H,2-3,10-12,14H2,1H3,(H,24,27). The molecule has 1 heterocycles. The summed E-state index contributed by atoms with van der Waals surface area (Å²) in [5, 5.41) is 2.99. The molecule has 33 heavy (non-hydrogen) atoms. The van der Waals surface area contributed by atoms with E-state index < -0.39 is 26.0 Å². The topological polar surface area (TPSA) is 113 Å². The van der Waals surface area contributed by atoms with Crippen LogP contribution in [0.3, 0.4) is 0 Å². The lowest BCUT2D eigenvalue weighted by molar-refractivity contribution is -0.126. The molecule has 0 bridgehead atoms. The lowest BCUT2D eigenvalue weighted by Crippen LogP contribution is -2.46. The second-order valence-corrected chi connectivity index (χ2v) is 12.3. The maximum atomic E-state index is 13.0.